The van der Waals surface area contributed by atoms with Crippen LogP contribution in [0.4, 0.5) is 5.69 Å². The SMILES string of the molecule is Cc1nn(C)c2sc(C(=O)NC(C)c3nccs3)c(N)c12. The van der Waals surface area contributed by atoms with Gasteiger partial charge in [-0.25, -0.2) is 4.98 Å². The lowest BCUT2D eigenvalue weighted by Gasteiger charge is -2.10. The molecule has 0 aliphatic rings. The zero-order chi connectivity index (χ0) is 15.1. The summed E-state index contributed by atoms with van der Waals surface area (Å²) in [5.41, 5.74) is 7.48. The second-order valence-electron chi connectivity index (χ2n) is 4.80. The number of aryl methyl sites for hydroxylation is 2. The minimum Gasteiger partial charge on any atom is -0.397 e. The van der Waals surface area contributed by atoms with Gasteiger partial charge < -0.3 is 11.1 Å². The van der Waals surface area contributed by atoms with E-state index in [1.807, 2.05) is 26.3 Å². The lowest BCUT2D eigenvalue weighted by atomic mass is 10.2. The molecule has 110 valence electrons. The highest BCUT2D eigenvalue weighted by molar-refractivity contribution is 7.21. The van der Waals surface area contributed by atoms with Crippen LogP contribution >= 0.6 is 22.7 Å². The zero-order valence-electron chi connectivity index (χ0n) is 11.9. The van der Waals surface area contributed by atoms with Crippen LogP contribution in [0.25, 0.3) is 10.2 Å². The van der Waals surface area contributed by atoms with E-state index >= 15 is 0 Å². The minimum absolute atomic E-state index is 0.138. The van der Waals surface area contributed by atoms with Crippen LogP contribution < -0.4 is 11.1 Å². The number of fused-ring (bicyclic) bond motifs is 1. The van der Waals surface area contributed by atoms with E-state index in [1.165, 1.54) is 22.7 Å². The Bertz CT molecular complexity index is 802. The molecule has 0 aliphatic carbocycles. The molecule has 3 aromatic heterocycles. The largest absolute Gasteiger partial charge is 0.397 e. The highest BCUT2D eigenvalue weighted by Gasteiger charge is 2.22. The van der Waals surface area contributed by atoms with Gasteiger partial charge in [0.25, 0.3) is 5.91 Å². The van der Waals surface area contributed by atoms with Crippen LogP contribution in [-0.4, -0.2) is 20.7 Å². The van der Waals surface area contributed by atoms with Gasteiger partial charge >= 0.3 is 0 Å². The van der Waals surface area contributed by atoms with Crippen LogP contribution in [0.3, 0.4) is 0 Å². The van der Waals surface area contributed by atoms with E-state index in [-0.39, 0.29) is 11.9 Å². The number of hydrogen-bond acceptors (Lipinski definition) is 6. The van der Waals surface area contributed by atoms with Crippen molar-refractivity contribution in [2.45, 2.75) is 19.9 Å². The fourth-order valence-corrected chi connectivity index (χ4v) is 4.01. The summed E-state index contributed by atoms with van der Waals surface area (Å²) in [6.07, 6.45) is 1.73. The summed E-state index contributed by atoms with van der Waals surface area (Å²) in [5, 5.41) is 10.9. The van der Waals surface area contributed by atoms with Crippen LogP contribution in [0.5, 0.6) is 0 Å². The average Bonchev–Trinajstić information content (AvgIpc) is 3.10. The van der Waals surface area contributed by atoms with Crippen molar-refractivity contribution in [1.29, 1.82) is 0 Å². The Morgan fingerprint density at radius 2 is 2.29 bits per heavy atom. The molecule has 0 aliphatic heterocycles. The Morgan fingerprint density at radius 1 is 1.52 bits per heavy atom. The third-order valence-electron chi connectivity index (χ3n) is 3.26. The van der Waals surface area contributed by atoms with E-state index in [4.69, 9.17) is 5.73 Å². The molecule has 0 saturated heterocycles. The second kappa shape index (κ2) is 5.12. The van der Waals surface area contributed by atoms with Crippen molar-refractivity contribution in [1.82, 2.24) is 20.1 Å². The number of nitrogen functional groups attached to an aromatic ring is 1. The first-order chi connectivity index (χ1) is 9.99. The van der Waals surface area contributed by atoms with Crippen molar-refractivity contribution < 1.29 is 4.79 Å². The summed E-state index contributed by atoms with van der Waals surface area (Å²) < 4.78 is 1.76. The predicted molar refractivity (Wildman–Crippen MR) is 85.7 cm³/mol. The number of amides is 1. The van der Waals surface area contributed by atoms with E-state index in [2.05, 4.69) is 15.4 Å². The number of anilines is 1. The van der Waals surface area contributed by atoms with Crippen LogP contribution in [0.15, 0.2) is 11.6 Å². The molecule has 3 heterocycles. The molecule has 3 rings (SSSR count). The highest BCUT2D eigenvalue weighted by Crippen LogP contribution is 2.35. The Kier molecular flexibility index (Phi) is 3.42. The topological polar surface area (TPSA) is 85.8 Å². The molecule has 8 heteroatoms. The second-order valence-corrected chi connectivity index (χ2v) is 6.72. The molecule has 0 aromatic carbocycles. The Balaban J connectivity index is 1.91. The first-order valence-corrected chi connectivity index (χ1v) is 8.10. The van der Waals surface area contributed by atoms with E-state index in [0.717, 1.165) is 20.9 Å². The lowest BCUT2D eigenvalue weighted by molar-refractivity contribution is 0.0945. The van der Waals surface area contributed by atoms with Gasteiger partial charge in [-0.05, 0) is 13.8 Å². The average molecular weight is 321 g/mol. The summed E-state index contributed by atoms with van der Waals surface area (Å²) >= 11 is 2.88. The predicted octanol–water partition coefficient (Wildman–Crippen LogP) is 2.47. The maximum atomic E-state index is 12.4. The van der Waals surface area contributed by atoms with Crippen LogP contribution in [0.1, 0.15) is 33.3 Å². The number of nitrogens with zero attached hydrogens (tertiary/aromatic N) is 3. The quantitative estimate of drug-likeness (QED) is 0.776. The van der Waals surface area contributed by atoms with Crippen molar-refractivity contribution in [2.75, 3.05) is 5.73 Å². The summed E-state index contributed by atoms with van der Waals surface area (Å²) in [4.78, 5) is 18.1. The molecule has 3 N–H and O–H groups in total. The molecule has 0 spiro atoms. The normalized spacial score (nSPS) is 12.7. The maximum Gasteiger partial charge on any atom is 0.264 e. The lowest BCUT2D eigenvalue weighted by Crippen LogP contribution is -2.26. The zero-order valence-corrected chi connectivity index (χ0v) is 13.5. The van der Waals surface area contributed by atoms with Gasteiger partial charge in [-0.15, -0.1) is 22.7 Å². The Morgan fingerprint density at radius 3 is 2.90 bits per heavy atom. The van der Waals surface area contributed by atoms with Gasteiger partial charge in [0.2, 0.25) is 0 Å². The molecule has 1 amide bonds. The fraction of sp³-hybridized carbons (Fsp3) is 0.308. The van der Waals surface area contributed by atoms with Crippen LogP contribution in [0, 0.1) is 6.92 Å². The van der Waals surface area contributed by atoms with Gasteiger partial charge in [-0.3, -0.25) is 9.48 Å². The number of nitrogens with one attached hydrogen (secondary N) is 1. The molecule has 0 saturated carbocycles. The smallest absolute Gasteiger partial charge is 0.264 e. The molecule has 6 nitrogen and oxygen atoms in total. The molecular formula is C13H15N5OS2. The van der Waals surface area contributed by atoms with Crippen molar-refractivity contribution >= 4 is 44.5 Å². The summed E-state index contributed by atoms with van der Waals surface area (Å²) in [6.45, 7) is 3.80. The highest BCUT2D eigenvalue weighted by atomic mass is 32.1. The van der Waals surface area contributed by atoms with Gasteiger partial charge in [-0.1, -0.05) is 0 Å². The van der Waals surface area contributed by atoms with E-state index in [0.29, 0.717) is 10.6 Å². The number of hydrogen-bond donors (Lipinski definition) is 2. The third-order valence-corrected chi connectivity index (χ3v) is 5.49. The first-order valence-electron chi connectivity index (χ1n) is 6.41. The van der Waals surface area contributed by atoms with Gasteiger partial charge in [0.05, 0.1) is 22.8 Å². The van der Waals surface area contributed by atoms with Crippen LogP contribution in [0.2, 0.25) is 0 Å². The minimum atomic E-state index is -0.171. The number of carbonyl (C=O) groups is 1. The Hall–Kier alpha value is -1.93. The fourth-order valence-electron chi connectivity index (χ4n) is 2.27. The number of aromatic nitrogens is 3. The molecular weight excluding hydrogens is 306 g/mol. The van der Waals surface area contributed by atoms with Crippen molar-refractivity contribution in [2.24, 2.45) is 7.05 Å². The number of thiophene rings is 1. The van der Waals surface area contributed by atoms with Gasteiger partial charge in [-0.2, -0.15) is 5.10 Å². The number of rotatable bonds is 3. The number of nitrogens with two attached hydrogens (primary N) is 1. The van der Waals surface area contributed by atoms with Crippen molar-refractivity contribution in [3.05, 3.63) is 27.2 Å². The molecule has 1 atom stereocenters. The third kappa shape index (κ3) is 2.30. The molecule has 21 heavy (non-hydrogen) atoms. The molecule has 0 radical (unpaired) electrons. The molecule has 0 bridgehead atoms. The van der Waals surface area contributed by atoms with E-state index in [9.17, 15) is 4.79 Å². The van der Waals surface area contributed by atoms with Gasteiger partial charge in [0.15, 0.2) is 0 Å². The number of thiazole rings is 1. The monoisotopic (exact) mass is 321 g/mol. The molecule has 1 unspecified atom stereocenters. The van der Waals surface area contributed by atoms with Gasteiger partial charge in [0.1, 0.15) is 14.7 Å². The standard InChI is InChI=1S/C13H15N5OS2/c1-6-8-9(14)10(21-13(8)18(3)17-6)11(19)16-7(2)12-15-4-5-20-12/h4-5,7H,14H2,1-3H3,(H,16,19). The summed E-state index contributed by atoms with van der Waals surface area (Å²) in [7, 11) is 1.85. The van der Waals surface area contributed by atoms with E-state index in [1.54, 1.807) is 10.9 Å². The van der Waals surface area contributed by atoms with Gasteiger partial charge in [0, 0.05) is 18.6 Å². The maximum absolute atomic E-state index is 12.4. The summed E-state index contributed by atoms with van der Waals surface area (Å²) in [5.74, 6) is -0.171. The van der Waals surface area contributed by atoms with E-state index < -0.39 is 0 Å². The molecule has 0 fully saturated rings. The van der Waals surface area contributed by atoms with Crippen LogP contribution in [-0.2, 0) is 7.05 Å². The first kappa shape index (κ1) is 14.0. The Labute approximate surface area is 129 Å². The molecule has 3 aromatic rings. The number of carbonyl (C=O) groups excluding carboxylic acids is 1. The van der Waals surface area contributed by atoms with Crippen molar-refractivity contribution in [3.8, 4) is 0 Å². The summed E-state index contributed by atoms with van der Waals surface area (Å²) in [6, 6.07) is -0.138. The van der Waals surface area contributed by atoms with Crippen molar-refractivity contribution in [3.63, 3.8) is 0 Å².